The highest BCUT2D eigenvalue weighted by molar-refractivity contribution is 5.99. The van der Waals surface area contributed by atoms with Crippen LogP contribution in [0.5, 0.6) is 11.5 Å². The molecule has 0 aromatic heterocycles. The molecule has 0 amide bonds. The number of fused-ring (bicyclic) bond motifs is 1. The minimum atomic E-state index is -0.0626. The molecule has 6 heteroatoms. The lowest BCUT2D eigenvalue weighted by atomic mass is 9.65. The fourth-order valence-electron chi connectivity index (χ4n) is 5.69. The van der Waals surface area contributed by atoms with Crippen LogP contribution in [-0.2, 0) is 4.79 Å². The fourth-order valence-corrected chi connectivity index (χ4v) is 5.69. The summed E-state index contributed by atoms with van der Waals surface area (Å²) in [4.78, 5) is 13.5. The first kappa shape index (κ1) is 21.0. The van der Waals surface area contributed by atoms with Crippen LogP contribution < -0.4 is 25.6 Å². The number of hydrogen-bond acceptors (Lipinski definition) is 6. The Morgan fingerprint density at radius 3 is 2.38 bits per heavy atom. The molecule has 6 nitrogen and oxygen atoms in total. The zero-order valence-electron chi connectivity index (χ0n) is 19.1. The topological polar surface area (TPSA) is 71.6 Å². The summed E-state index contributed by atoms with van der Waals surface area (Å²) in [6.07, 6.45) is 1.43. The van der Waals surface area contributed by atoms with E-state index in [2.05, 4.69) is 60.3 Å². The summed E-state index contributed by atoms with van der Waals surface area (Å²) in [6, 6.07) is 16.5. The summed E-state index contributed by atoms with van der Waals surface area (Å²) in [5, 5.41) is 3.68. The van der Waals surface area contributed by atoms with Gasteiger partial charge in [0, 0.05) is 29.5 Å². The second kappa shape index (κ2) is 7.94. The Hall–Kier alpha value is -2.83. The van der Waals surface area contributed by atoms with Gasteiger partial charge in [0.1, 0.15) is 0 Å². The molecular weight excluding hydrogens is 402 g/mol. The second-order valence-corrected chi connectivity index (χ2v) is 9.80. The van der Waals surface area contributed by atoms with Crippen LogP contribution in [0, 0.1) is 11.3 Å². The number of hydrazine groups is 1. The van der Waals surface area contributed by atoms with Gasteiger partial charge in [0.25, 0.3) is 0 Å². The monoisotopic (exact) mass is 433 g/mol. The Morgan fingerprint density at radius 1 is 0.906 bits per heavy atom. The van der Waals surface area contributed by atoms with E-state index in [-0.39, 0.29) is 35.2 Å². The van der Waals surface area contributed by atoms with Crippen LogP contribution >= 0.6 is 0 Å². The third-order valence-corrected chi connectivity index (χ3v) is 7.04. The molecule has 0 saturated carbocycles. The first-order valence-electron chi connectivity index (χ1n) is 11.2. The molecule has 2 aromatic carbocycles. The number of rotatable bonds is 4. The average Bonchev–Trinajstić information content (AvgIpc) is 3.20. The van der Waals surface area contributed by atoms with Crippen molar-refractivity contribution in [3.8, 4) is 11.5 Å². The van der Waals surface area contributed by atoms with Gasteiger partial charge >= 0.3 is 0 Å². The molecule has 3 aliphatic rings. The third-order valence-electron chi connectivity index (χ3n) is 7.04. The summed E-state index contributed by atoms with van der Waals surface area (Å²) < 4.78 is 11.1. The van der Waals surface area contributed by atoms with Crippen molar-refractivity contribution in [3.05, 3.63) is 70.9 Å². The molecule has 1 fully saturated rings. The van der Waals surface area contributed by atoms with Crippen LogP contribution in [0.1, 0.15) is 49.8 Å². The van der Waals surface area contributed by atoms with Gasteiger partial charge in [-0.1, -0.05) is 50.2 Å². The number of carbonyl (C=O) groups excluding carboxylic acids is 1. The summed E-state index contributed by atoms with van der Waals surface area (Å²) in [7, 11) is 3.29. The number of hydrogen-bond donors (Lipinski definition) is 3. The van der Waals surface area contributed by atoms with E-state index in [0.29, 0.717) is 17.9 Å². The van der Waals surface area contributed by atoms with Crippen LogP contribution in [0.15, 0.2) is 59.8 Å². The van der Waals surface area contributed by atoms with Crippen molar-refractivity contribution in [1.29, 1.82) is 0 Å². The van der Waals surface area contributed by atoms with Crippen molar-refractivity contribution < 1.29 is 14.3 Å². The third kappa shape index (κ3) is 3.48. The van der Waals surface area contributed by atoms with Crippen molar-refractivity contribution >= 4 is 5.78 Å². The van der Waals surface area contributed by atoms with Crippen LogP contribution in [0.3, 0.4) is 0 Å². The Kier molecular flexibility index (Phi) is 5.22. The van der Waals surface area contributed by atoms with Gasteiger partial charge in [0.15, 0.2) is 17.3 Å². The van der Waals surface area contributed by atoms with Crippen LogP contribution in [0.4, 0.5) is 0 Å². The van der Waals surface area contributed by atoms with Crippen molar-refractivity contribution in [1.82, 2.24) is 16.2 Å². The van der Waals surface area contributed by atoms with E-state index in [1.807, 2.05) is 18.2 Å². The number of benzene rings is 2. The maximum absolute atomic E-state index is 13.5. The first-order valence-corrected chi connectivity index (χ1v) is 11.2. The van der Waals surface area contributed by atoms with E-state index in [1.54, 1.807) is 14.2 Å². The molecule has 3 N–H and O–H groups in total. The number of ether oxygens (including phenoxy) is 2. The number of methoxy groups -OCH3 is 2. The largest absolute Gasteiger partial charge is 0.493 e. The Labute approximate surface area is 189 Å². The molecule has 0 radical (unpaired) electrons. The van der Waals surface area contributed by atoms with E-state index in [1.165, 1.54) is 5.56 Å². The molecule has 1 saturated heterocycles. The van der Waals surface area contributed by atoms with E-state index in [9.17, 15) is 4.79 Å². The van der Waals surface area contributed by atoms with Crippen molar-refractivity contribution in [2.75, 3.05) is 14.2 Å². The highest BCUT2D eigenvalue weighted by Gasteiger charge is 2.51. The lowest BCUT2D eigenvalue weighted by Gasteiger charge is -2.44. The van der Waals surface area contributed by atoms with Crippen LogP contribution in [-0.4, -0.2) is 26.2 Å². The Bertz CT molecular complexity index is 1060. The number of Topliss-reactive ketones (excluding diaryl/α,β-unsaturated/α-hetero) is 1. The molecule has 0 bridgehead atoms. The molecule has 5 rings (SSSR count). The minimum Gasteiger partial charge on any atom is -0.493 e. The van der Waals surface area contributed by atoms with Gasteiger partial charge in [0.2, 0.25) is 0 Å². The van der Waals surface area contributed by atoms with Gasteiger partial charge in [-0.25, -0.2) is 10.9 Å². The van der Waals surface area contributed by atoms with Gasteiger partial charge in [-0.3, -0.25) is 4.79 Å². The van der Waals surface area contributed by atoms with Crippen LogP contribution in [0.2, 0.25) is 0 Å². The maximum Gasteiger partial charge on any atom is 0.161 e. The SMILES string of the molecule is COc1ccc(C2C3=C(CC(C)(C)CC3=O)NC3NNC(c4ccccc4)C32)cc1OC. The summed E-state index contributed by atoms with van der Waals surface area (Å²) in [5.74, 6) is 1.66. The number of ketones is 1. The predicted molar refractivity (Wildman–Crippen MR) is 123 cm³/mol. The summed E-state index contributed by atoms with van der Waals surface area (Å²) in [5.41, 5.74) is 11.2. The zero-order chi connectivity index (χ0) is 22.5. The van der Waals surface area contributed by atoms with E-state index in [0.717, 1.165) is 23.3 Å². The molecule has 1 aliphatic carbocycles. The first-order chi connectivity index (χ1) is 15.4. The normalized spacial score (nSPS) is 28.6. The quantitative estimate of drug-likeness (QED) is 0.681. The molecule has 4 atom stereocenters. The molecule has 32 heavy (non-hydrogen) atoms. The molecule has 168 valence electrons. The summed E-state index contributed by atoms with van der Waals surface area (Å²) >= 11 is 0. The highest BCUT2D eigenvalue weighted by Crippen LogP contribution is 2.51. The molecular formula is C26H31N3O3. The molecule has 2 heterocycles. The van der Waals surface area contributed by atoms with Gasteiger partial charge in [-0.2, -0.15) is 0 Å². The zero-order valence-corrected chi connectivity index (χ0v) is 19.1. The van der Waals surface area contributed by atoms with Gasteiger partial charge in [-0.15, -0.1) is 0 Å². The smallest absolute Gasteiger partial charge is 0.161 e. The molecule has 2 aromatic rings. The second-order valence-electron chi connectivity index (χ2n) is 9.80. The highest BCUT2D eigenvalue weighted by atomic mass is 16.5. The molecule has 4 unspecified atom stereocenters. The molecule has 2 aliphatic heterocycles. The lowest BCUT2D eigenvalue weighted by molar-refractivity contribution is -0.118. The van der Waals surface area contributed by atoms with E-state index in [4.69, 9.17) is 9.47 Å². The predicted octanol–water partition coefficient (Wildman–Crippen LogP) is 3.83. The minimum absolute atomic E-state index is 0.0127. The number of nitrogens with one attached hydrogen (secondary N) is 3. The Balaban J connectivity index is 1.67. The average molecular weight is 434 g/mol. The Morgan fingerprint density at radius 2 is 1.66 bits per heavy atom. The van der Waals surface area contributed by atoms with E-state index >= 15 is 0 Å². The number of carbonyl (C=O) groups is 1. The van der Waals surface area contributed by atoms with Crippen molar-refractivity contribution in [2.45, 2.75) is 44.8 Å². The van der Waals surface area contributed by atoms with Gasteiger partial charge < -0.3 is 14.8 Å². The maximum atomic E-state index is 13.5. The van der Waals surface area contributed by atoms with Crippen molar-refractivity contribution in [2.24, 2.45) is 11.3 Å². The van der Waals surface area contributed by atoms with Crippen LogP contribution in [0.25, 0.3) is 0 Å². The standard InChI is InChI=1S/C26H31N3O3/c1-26(2)13-17-22(18(30)14-26)21(16-10-11-19(31-3)20(12-16)32-4)23-24(28-29-25(23)27-17)15-8-6-5-7-9-15/h5-12,21,23-25,27-29H,13-14H2,1-4H3. The fraction of sp³-hybridized carbons (Fsp3) is 0.423. The summed E-state index contributed by atoms with van der Waals surface area (Å²) in [6.45, 7) is 4.34. The van der Waals surface area contributed by atoms with Crippen molar-refractivity contribution in [3.63, 3.8) is 0 Å². The lowest BCUT2D eigenvalue weighted by Crippen LogP contribution is -2.51. The van der Waals surface area contributed by atoms with Gasteiger partial charge in [0.05, 0.1) is 26.4 Å². The number of allylic oxidation sites excluding steroid dienone is 2. The van der Waals surface area contributed by atoms with Gasteiger partial charge in [-0.05, 0) is 35.1 Å². The van der Waals surface area contributed by atoms with E-state index < -0.39 is 0 Å². The molecule has 0 spiro atoms.